The summed E-state index contributed by atoms with van der Waals surface area (Å²) in [6.45, 7) is 0.340. The van der Waals surface area contributed by atoms with Crippen LogP contribution in [0.1, 0.15) is 39.9 Å². The zero-order valence-electron chi connectivity index (χ0n) is 16.9. The second-order valence-corrected chi connectivity index (χ2v) is 7.63. The van der Waals surface area contributed by atoms with E-state index in [9.17, 15) is 9.59 Å². The highest BCUT2D eigenvalue weighted by Gasteiger charge is 2.21. The van der Waals surface area contributed by atoms with Gasteiger partial charge in [-0.3, -0.25) is 15.0 Å². The first kappa shape index (κ1) is 21.1. The van der Waals surface area contributed by atoms with Gasteiger partial charge in [0.1, 0.15) is 5.84 Å². The molecule has 1 atom stereocenters. The summed E-state index contributed by atoms with van der Waals surface area (Å²) in [6, 6.07) is 12.7. The predicted octanol–water partition coefficient (Wildman–Crippen LogP) is 3.41. The van der Waals surface area contributed by atoms with Crippen molar-refractivity contribution in [2.24, 2.45) is 5.92 Å². The number of carboxylic acid groups (broad SMARTS) is 1. The fourth-order valence-electron chi connectivity index (χ4n) is 3.75. The van der Waals surface area contributed by atoms with Crippen molar-refractivity contribution < 1.29 is 14.7 Å². The van der Waals surface area contributed by atoms with E-state index in [-0.39, 0.29) is 18.2 Å². The third-order valence-electron chi connectivity index (χ3n) is 5.39. The minimum absolute atomic E-state index is 0.136. The van der Waals surface area contributed by atoms with Crippen LogP contribution in [0.25, 0.3) is 0 Å². The number of carbonyl (C=O) groups is 2. The number of anilines is 1. The van der Waals surface area contributed by atoms with Crippen molar-refractivity contribution >= 4 is 23.4 Å². The highest BCUT2D eigenvalue weighted by molar-refractivity contribution is 6.05. The normalized spacial score (nSPS) is 14.9. The van der Waals surface area contributed by atoms with Crippen LogP contribution in [0, 0.1) is 23.7 Å². The van der Waals surface area contributed by atoms with Crippen LogP contribution in [0.4, 0.5) is 5.69 Å². The molecule has 0 fully saturated rings. The van der Waals surface area contributed by atoms with Gasteiger partial charge in [0, 0.05) is 30.3 Å². The lowest BCUT2D eigenvalue weighted by atomic mass is 9.82. The Kier molecular flexibility index (Phi) is 6.53. The summed E-state index contributed by atoms with van der Waals surface area (Å²) in [5.41, 5.74) is 4.19. The highest BCUT2D eigenvalue weighted by Crippen LogP contribution is 2.29. The Hall–Kier alpha value is -3.59. The van der Waals surface area contributed by atoms with Crippen molar-refractivity contribution in [1.82, 2.24) is 4.90 Å². The number of aliphatic carboxylic acids is 1. The number of carboxylic acids is 1. The molecule has 3 N–H and O–H groups in total. The Morgan fingerprint density at radius 1 is 1.20 bits per heavy atom. The third-order valence-corrected chi connectivity index (χ3v) is 5.39. The fraction of sp³-hybridized carbons (Fsp3) is 0.292. The molecule has 2 aromatic carbocycles. The van der Waals surface area contributed by atoms with Crippen LogP contribution < -0.4 is 5.32 Å². The number of terminal acetylenes is 1. The number of hydrogen-bond acceptors (Lipinski definition) is 3. The molecule has 1 unspecified atom stereocenters. The second kappa shape index (κ2) is 9.27. The van der Waals surface area contributed by atoms with E-state index in [2.05, 4.69) is 11.2 Å². The summed E-state index contributed by atoms with van der Waals surface area (Å²) in [6.07, 6.45) is 7.92. The lowest BCUT2D eigenvalue weighted by Crippen LogP contribution is -2.27. The molecule has 0 spiro atoms. The van der Waals surface area contributed by atoms with Crippen molar-refractivity contribution in [2.75, 3.05) is 18.9 Å². The lowest BCUT2D eigenvalue weighted by Gasteiger charge is -2.24. The third kappa shape index (κ3) is 5.06. The summed E-state index contributed by atoms with van der Waals surface area (Å²) >= 11 is 0. The van der Waals surface area contributed by atoms with E-state index in [1.807, 2.05) is 18.2 Å². The van der Waals surface area contributed by atoms with E-state index in [1.54, 1.807) is 36.2 Å². The molecular formula is C24H25N3O3. The van der Waals surface area contributed by atoms with Crippen molar-refractivity contribution in [2.45, 2.75) is 25.7 Å². The molecule has 0 bridgehead atoms. The van der Waals surface area contributed by atoms with Crippen LogP contribution >= 0.6 is 0 Å². The first-order chi connectivity index (χ1) is 14.4. The van der Waals surface area contributed by atoms with Gasteiger partial charge in [0.15, 0.2) is 0 Å². The monoisotopic (exact) mass is 403 g/mol. The number of fused-ring (bicyclic) bond motifs is 1. The maximum atomic E-state index is 12.6. The van der Waals surface area contributed by atoms with Gasteiger partial charge in [0.2, 0.25) is 0 Å². The first-order valence-corrected chi connectivity index (χ1v) is 9.86. The molecular weight excluding hydrogens is 378 g/mol. The van der Waals surface area contributed by atoms with E-state index in [1.165, 1.54) is 5.56 Å². The molecule has 0 saturated heterocycles. The Labute approximate surface area is 176 Å². The quantitative estimate of drug-likeness (QED) is 0.391. The molecule has 6 heteroatoms. The Bertz CT molecular complexity index is 1010. The SMILES string of the molecule is C#CCN(C)C(=N)c1ccc(C(=O)Nc2ccc3c(c2)CC(CC(=O)O)CC3)cc1. The molecule has 0 aliphatic heterocycles. The van der Waals surface area contributed by atoms with Crippen molar-refractivity contribution in [1.29, 1.82) is 5.41 Å². The molecule has 0 heterocycles. The number of hydrogen-bond donors (Lipinski definition) is 3. The number of rotatable bonds is 6. The van der Waals surface area contributed by atoms with Crippen LogP contribution in [0.2, 0.25) is 0 Å². The zero-order valence-corrected chi connectivity index (χ0v) is 16.9. The maximum Gasteiger partial charge on any atom is 0.303 e. The summed E-state index contributed by atoms with van der Waals surface area (Å²) in [7, 11) is 1.75. The first-order valence-electron chi connectivity index (χ1n) is 9.86. The Morgan fingerprint density at radius 3 is 2.57 bits per heavy atom. The maximum absolute atomic E-state index is 12.6. The van der Waals surface area contributed by atoms with Gasteiger partial charge in [-0.2, -0.15) is 0 Å². The number of nitrogens with one attached hydrogen (secondary N) is 2. The van der Waals surface area contributed by atoms with Crippen LogP contribution in [-0.4, -0.2) is 41.3 Å². The topological polar surface area (TPSA) is 93.5 Å². The number of amides is 1. The molecule has 0 radical (unpaired) electrons. The van der Waals surface area contributed by atoms with Crippen LogP contribution in [0.15, 0.2) is 42.5 Å². The Morgan fingerprint density at radius 2 is 1.90 bits per heavy atom. The highest BCUT2D eigenvalue weighted by atomic mass is 16.4. The van der Waals surface area contributed by atoms with Crippen LogP contribution in [-0.2, 0) is 17.6 Å². The largest absolute Gasteiger partial charge is 0.481 e. The smallest absolute Gasteiger partial charge is 0.303 e. The van der Waals surface area contributed by atoms with Gasteiger partial charge in [0.05, 0.1) is 6.54 Å². The molecule has 0 aromatic heterocycles. The number of amidine groups is 1. The van der Waals surface area contributed by atoms with E-state index in [0.717, 1.165) is 18.4 Å². The molecule has 1 amide bonds. The van der Waals surface area contributed by atoms with Gasteiger partial charge < -0.3 is 15.3 Å². The summed E-state index contributed by atoms with van der Waals surface area (Å²) in [5, 5.41) is 20.1. The molecule has 154 valence electrons. The predicted molar refractivity (Wildman–Crippen MR) is 117 cm³/mol. The number of nitrogens with zero attached hydrogens (tertiary/aromatic N) is 1. The van der Waals surface area contributed by atoms with Gasteiger partial charge in [-0.05, 0) is 60.6 Å². The van der Waals surface area contributed by atoms with Gasteiger partial charge in [-0.25, -0.2) is 0 Å². The summed E-state index contributed by atoms with van der Waals surface area (Å²) < 4.78 is 0. The second-order valence-electron chi connectivity index (χ2n) is 7.63. The van der Waals surface area contributed by atoms with Gasteiger partial charge in [0.25, 0.3) is 5.91 Å². The van der Waals surface area contributed by atoms with Crippen LogP contribution in [0.5, 0.6) is 0 Å². The molecule has 0 saturated carbocycles. The average Bonchev–Trinajstić information content (AvgIpc) is 2.72. The lowest BCUT2D eigenvalue weighted by molar-refractivity contribution is -0.138. The van der Waals surface area contributed by atoms with E-state index < -0.39 is 5.97 Å². The van der Waals surface area contributed by atoms with Crippen molar-refractivity contribution in [3.8, 4) is 12.3 Å². The number of aryl methyl sites for hydroxylation is 1. The summed E-state index contributed by atoms with van der Waals surface area (Å²) in [4.78, 5) is 25.3. The van der Waals surface area contributed by atoms with Gasteiger partial charge in [-0.1, -0.05) is 24.1 Å². The molecule has 30 heavy (non-hydrogen) atoms. The van der Waals surface area contributed by atoms with Crippen molar-refractivity contribution in [3.63, 3.8) is 0 Å². The molecule has 2 aromatic rings. The van der Waals surface area contributed by atoms with Crippen LogP contribution in [0.3, 0.4) is 0 Å². The minimum Gasteiger partial charge on any atom is -0.481 e. The van der Waals surface area contributed by atoms with E-state index >= 15 is 0 Å². The fourth-order valence-corrected chi connectivity index (χ4v) is 3.75. The Balaban J connectivity index is 1.67. The molecule has 3 rings (SSSR count). The minimum atomic E-state index is -0.769. The van der Waals surface area contributed by atoms with Gasteiger partial charge in [-0.15, -0.1) is 6.42 Å². The molecule has 1 aliphatic carbocycles. The average molecular weight is 403 g/mol. The van der Waals surface area contributed by atoms with E-state index in [0.29, 0.717) is 35.6 Å². The molecule has 1 aliphatic rings. The number of carbonyl (C=O) groups excluding carboxylic acids is 1. The van der Waals surface area contributed by atoms with Gasteiger partial charge >= 0.3 is 5.97 Å². The molecule has 6 nitrogen and oxygen atoms in total. The zero-order chi connectivity index (χ0) is 21.7. The number of benzene rings is 2. The summed E-state index contributed by atoms with van der Waals surface area (Å²) in [5.74, 6) is 1.93. The standard InChI is InChI=1S/C24H25N3O3/c1-3-12-27(2)23(25)18-6-8-19(9-7-18)24(30)26-21-11-10-17-5-4-16(14-22(28)29)13-20(17)15-21/h1,6-11,15-16,25H,4-5,12-14H2,2H3,(H,26,30)(H,28,29). The van der Waals surface area contributed by atoms with E-state index in [4.69, 9.17) is 16.9 Å². The van der Waals surface area contributed by atoms with Crippen molar-refractivity contribution in [3.05, 3.63) is 64.7 Å².